The fraction of sp³-hybridized carbons (Fsp3) is 0.154. The third-order valence-corrected chi connectivity index (χ3v) is 3.57. The Labute approximate surface area is 122 Å². The van der Waals surface area contributed by atoms with Crippen LogP contribution in [0, 0.1) is 0 Å². The number of hydrogen-bond donors (Lipinski definition) is 1. The van der Waals surface area contributed by atoms with Crippen molar-refractivity contribution in [2.45, 2.75) is 17.2 Å². The number of alkyl halides is 2. The Hall–Kier alpha value is -1.14. The van der Waals surface area contributed by atoms with Crippen molar-refractivity contribution in [2.24, 2.45) is 0 Å². The molecular formula is C13H11BrF2N2S. The van der Waals surface area contributed by atoms with Crippen LogP contribution >= 0.6 is 27.7 Å². The van der Waals surface area contributed by atoms with Crippen molar-refractivity contribution in [3.8, 4) is 0 Å². The van der Waals surface area contributed by atoms with E-state index in [2.05, 4.69) is 26.2 Å². The van der Waals surface area contributed by atoms with Gasteiger partial charge in [0.25, 0.3) is 5.76 Å². The summed E-state index contributed by atoms with van der Waals surface area (Å²) in [5, 5.41) is 3.15. The van der Waals surface area contributed by atoms with Gasteiger partial charge in [-0.3, -0.25) is 4.98 Å². The van der Waals surface area contributed by atoms with Crippen molar-refractivity contribution in [2.75, 3.05) is 5.32 Å². The maximum atomic E-state index is 12.4. The second kappa shape index (κ2) is 6.86. The molecule has 2 nitrogen and oxygen atoms in total. The normalized spacial score (nSPS) is 10.7. The minimum Gasteiger partial charge on any atom is -0.380 e. The highest BCUT2D eigenvalue weighted by molar-refractivity contribution is 9.10. The Morgan fingerprint density at radius 1 is 1.26 bits per heavy atom. The highest BCUT2D eigenvalue weighted by Crippen LogP contribution is 2.31. The van der Waals surface area contributed by atoms with E-state index in [1.54, 1.807) is 30.6 Å². The molecule has 0 radical (unpaired) electrons. The summed E-state index contributed by atoms with van der Waals surface area (Å²) >= 11 is 3.88. The van der Waals surface area contributed by atoms with Crippen LogP contribution in [0.3, 0.4) is 0 Å². The van der Waals surface area contributed by atoms with Crippen LogP contribution in [0.25, 0.3) is 0 Å². The molecule has 19 heavy (non-hydrogen) atoms. The topological polar surface area (TPSA) is 24.9 Å². The standard InChI is InChI=1S/C13H11BrF2N2S/c14-10-5-9(6-17-8-10)7-18-11-3-1-2-4-12(11)19-13(15)16/h1-6,8,13,18H,7H2. The van der Waals surface area contributed by atoms with Crippen molar-refractivity contribution in [1.82, 2.24) is 4.98 Å². The number of nitrogens with one attached hydrogen (secondary N) is 1. The van der Waals surface area contributed by atoms with Gasteiger partial charge in [-0.2, -0.15) is 8.78 Å². The van der Waals surface area contributed by atoms with Crippen LogP contribution in [0.5, 0.6) is 0 Å². The van der Waals surface area contributed by atoms with Crippen LogP contribution in [0.2, 0.25) is 0 Å². The first-order valence-corrected chi connectivity index (χ1v) is 7.19. The molecule has 0 aliphatic carbocycles. The van der Waals surface area contributed by atoms with Gasteiger partial charge in [0.2, 0.25) is 0 Å². The molecule has 0 aliphatic rings. The largest absolute Gasteiger partial charge is 0.380 e. The molecular weight excluding hydrogens is 334 g/mol. The van der Waals surface area contributed by atoms with E-state index in [1.807, 2.05) is 12.1 Å². The van der Waals surface area contributed by atoms with Crippen LogP contribution in [0.1, 0.15) is 5.56 Å². The zero-order chi connectivity index (χ0) is 13.7. The number of nitrogens with zero attached hydrogens (tertiary/aromatic N) is 1. The molecule has 1 heterocycles. The Morgan fingerprint density at radius 2 is 2.05 bits per heavy atom. The summed E-state index contributed by atoms with van der Waals surface area (Å²) in [5.41, 5.74) is 1.68. The number of benzene rings is 1. The number of rotatable bonds is 5. The quantitative estimate of drug-likeness (QED) is 0.790. The molecule has 0 unspecified atom stereocenters. The third-order valence-electron chi connectivity index (χ3n) is 2.35. The smallest absolute Gasteiger partial charge is 0.288 e. The highest BCUT2D eigenvalue weighted by atomic mass is 79.9. The van der Waals surface area contributed by atoms with Gasteiger partial charge in [0.05, 0.1) is 0 Å². The van der Waals surface area contributed by atoms with E-state index in [9.17, 15) is 8.78 Å². The molecule has 0 aliphatic heterocycles. The lowest BCUT2D eigenvalue weighted by molar-refractivity contribution is 0.252. The third kappa shape index (κ3) is 4.47. The summed E-state index contributed by atoms with van der Waals surface area (Å²) in [6.07, 6.45) is 3.44. The molecule has 0 amide bonds. The van der Waals surface area contributed by atoms with Crippen molar-refractivity contribution in [1.29, 1.82) is 0 Å². The molecule has 0 bridgehead atoms. The Bertz CT molecular complexity index is 552. The van der Waals surface area contributed by atoms with E-state index in [1.165, 1.54) is 0 Å². The van der Waals surface area contributed by atoms with Gasteiger partial charge in [0, 0.05) is 34.0 Å². The summed E-state index contributed by atoms with van der Waals surface area (Å²) in [6, 6.07) is 8.96. The number of halogens is 3. The highest BCUT2D eigenvalue weighted by Gasteiger charge is 2.09. The number of aromatic nitrogens is 1. The summed E-state index contributed by atoms with van der Waals surface area (Å²) in [4.78, 5) is 4.60. The fourth-order valence-corrected chi connectivity index (χ4v) is 2.59. The Balaban J connectivity index is 2.07. The number of pyridine rings is 1. The Kier molecular flexibility index (Phi) is 5.15. The number of hydrogen-bond acceptors (Lipinski definition) is 3. The van der Waals surface area contributed by atoms with Gasteiger partial charge in [-0.25, -0.2) is 0 Å². The van der Waals surface area contributed by atoms with Crippen molar-refractivity contribution < 1.29 is 8.78 Å². The van der Waals surface area contributed by atoms with Crippen LogP contribution in [-0.4, -0.2) is 10.7 Å². The fourth-order valence-electron chi connectivity index (χ4n) is 1.56. The molecule has 0 saturated carbocycles. The molecule has 1 aromatic carbocycles. The number of para-hydroxylation sites is 1. The monoisotopic (exact) mass is 344 g/mol. The lowest BCUT2D eigenvalue weighted by atomic mass is 10.2. The van der Waals surface area contributed by atoms with E-state index in [0.717, 1.165) is 10.0 Å². The predicted molar refractivity (Wildman–Crippen MR) is 77.6 cm³/mol. The van der Waals surface area contributed by atoms with Gasteiger partial charge < -0.3 is 5.32 Å². The predicted octanol–water partition coefficient (Wildman–Crippen LogP) is 4.77. The maximum Gasteiger partial charge on any atom is 0.288 e. The lowest BCUT2D eigenvalue weighted by Crippen LogP contribution is -2.01. The summed E-state index contributed by atoms with van der Waals surface area (Å²) in [7, 11) is 0. The summed E-state index contributed by atoms with van der Waals surface area (Å²) < 4.78 is 25.8. The molecule has 2 aromatic rings. The van der Waals surface area contributed by atoms with E-state index in [4.69, 9.17) is 0 Å². The van der Waals surface area contributed by atoms with Crippen molar-refractivity contribution in [3.05, 3.63) is 52.8 Å². The second-order valence-electron chi connectivity index (χ2n) is 3.74. The van der Waals surface area contributed by atoms with Crippen LogP contribution in [-0.2, 0) is 6.54 Å². The molecule has 6 heteroatoms. The minimum atomic E-state index is -2.42. The minimum absolute atomic E-state index is 0.535. The van der Waals surface area contributed by atoms with E-state index in [-0.39, 0.29) is 0 Å². The van der Waals surface area contributed by atoms with Crippen LogP contribution < -0.4 is 5.32 Å². The van der Waals surface area contributed by atoms with E-state index < -0.39 is 5.76 Å². The van der Waals surface area contributed by atoms with Gasteiger partial charge in [0.1, 0.15) is 0 Å². The molecule has 2 rings (SSSR count). The van der Waals surface area contributed by atoms with Crippen LogP contribution in [0.15, 0.2) is 52.1 Å². The lowest BCUT2D eigenvalue weighted by Gasteiger charge is -2.11. The van der Waals surface area contributed by atoms with Crippen molar-refractivity contribution in [3.63, 3.8) is 0 Å². The molecule has 1 N–H and O–H groups in total. The van der Waals surface area contributed by atoms with Crippen LogP contribution in [0.4, 0.5) is 14.5 Å². The first-order valence-electron chi connectivity index (χ1n) is 5.52. The summed E-state index contributed by atoms with van der Waals surface area (Å²) in [5.74, 6) is -2.42. The zero-order valence-electron chi connectivity index (χ0n) is 9.82. The molecule has 0 atom stereocenters. The zero-order valence-corrected chi connectivity index (χ0v) is 12.2. The molecule has 0 fully saturated rings. The number of thioether (sulfide) groups is 1. The molecule has 0 spiro atoms. The van der Waals surface area contributed by atoms with E-state index >= 15 is 0 Å². The van der Waals surface area contributed by atoms with Gasteiger partial charge in [-0.05, 0) is 39.7 Å². The maximum absolute atomic E-state index is 12.4. The second-order valence-corrected chi connectivity index (χ2v) is 5.69. The first kappa shape index (κ1) is 14.3. The average Bonchev–Trinajstić information content (AvgIpc) is 2.37. The van der Waals surface area contributed by atoms with Gasteiger partial charge in [-0.15, -0.1) is 0 Å². The Morgan fingerprint density at radius 3 is 2.79 bits per heavy atom. The average molecular weight is 345 g/mol. The molecule has 100 valence electrons. The van der Waals surface area contributed by atoms with E-state index in [0.29, 0.717) is 28.9 Å². The van der Waals surface area contributed by atoms with Gasteiger partial charge in [0.15, 0.2) is 0 Å². The molecule has 1 aromatic heterocycles. The van der Waals surface area contributed by atoms with Gasteiger partial charge >= 0.3 is 0 Å². The summed E-state index contributed by atoms with van der Waals surface area (Å²) in [6.45, 7) is 0.535. The first-order chi connectivity index (χ1) is 9.15. The van der Waals surface area contributed by atoms with Crippen molar-refractivity contribution >= 4 is 33.4 Å². The SMILES string of the molecule is FC(F)Sc1ccccc1NCc1cncc(Br)c1. The number of anilines is 1. The molecule has 0 saturated heterocycles. The van der Waals surface area contributed by atoms with Gasteiger partial charge in [-0.1, -0.05) is 23.9 Å².